The summed E-state index contributed by atoms with van der Waals surface area (Å²) in [6, 6.07) is -1.76. The number of aliphatic hydroxyl groups excluding tert-OH is 1. The summed E-state index contributed by atoms with van der Waals surface area (Å²) in [5.41, 5.74) is 7.12. The molecule has 0 heterocycles. The molecule has 9 atom stereocenters. The molecule has 842 valence electrons. The summed E-state index contributed by atoms with van der Waals surface area (Å²) < 4.78 is 48.0. The molecule has 0 bridgehead atoms. The number of benzene rings is 1. The van der Waals surface area contributed by atoms with Crippen LogP contribution >= 0.6 is 0 Å². The number of hydrogen-bond acceptors (Lipinski definition) is 32. The van der Waals surface area contributed by atoms with Crippen LogP contribution < -0.4 is 69.5 Å². The Bertz CT molecular complexity index is 4150. The third-order valence-corrected chi connectivity index (χ3v) is 21.9. The highest BCUT2D eigenvalue weighted by molar-refractivity contribution is 5.91. The molecule has 15 N–H and O–H groups in total. The van der Waals surface area contributed by atoms with Gasteiger partial charge in [0.1, 0.15) is 49.6 Å². The smallest absolute Gasteiger partial charge is 0.328 e. The number of amides is 11. The first-order valence-corrected chi connectivity index (χ1v) is 52.9. The highest BCUT2D eigenvalue weighted by Crippen LogP contribution is 2.18. The quantitative estimate of drug-likeness (QED) is 0.0136. The van der Waals surface area contributed by atoms with Crippen LogP contribution in [0.3, 0.4) is 0 Å². The second-order valence-electron chi connectivity index (χ2n) is 40.6. The summed E-state index contributed by atoms with van der Waals surface area (Å²) in [4.78, 5) is 267. The summed E-state index contributed by atoms with van der Waals surface area (Å²) in [6.45, 7) is 30.3. The van der Waals surface area contributed by atoms with E-state index in [1.807, 2.05) is 111 Å². The Morgan fingerprint density at radius 2 is 0.527 bits per heavy atom. The van der Waals surface area contributed by atoms with Crippen LogP contribution in [0, 0.1) is 47.3 Å². The van der Waals surface area contributed by atoms with Crippen molar-refractivity contribution >= 4 is 119 Å². The number of rotatable bonds is 84. The Morgan fingerprint density at radius 3 is 0.858 bits per heavy atom. The van der Waals surface area contributed by atoms with Crippen molar-refractivity contribution in [3.63, 3.8) is 0 Å². The highest BCUT2D eigenvalue weighted by atomic mass is 16.6. The maximum absolute atomic E-state index is 14.6. The average Bonchev–Trinajstić information content (AvgIpc) is 0.866. The number of esters is 9. The van der Waals surface area contributed by atoms with E-state index >= 15 is 0 Å². The number of carbonyl (C=O) groups is 20. The molecule has 0 aliphatic rings. The van der Waals surface area contributed by atoms with Gasteiger partial charge >= 0.3 is 53.7 Å². The van der Waals surface area contributed by atoms with Gasteiger partial charge in [-0.25, -0.2) is 19.2 Å². The van der Waals surface area contributed by atoms with E-state index in [-0.39, 0.29) is 268 Å². The lowest BCUT2D eigenvalue weighted by Gasteiger charge is -2.29. The summed E-state index contributed by atoms with van der Waals surface area (Å²) >= 11 is 0. The molecule has 148 heavy (non-hydrogen) atoms. The van der Waals surface area contributed by atoms with Crippen LogP contribution in [0.2, 0.25) is 0 Å². The standard InChI is InChI=1S/C105H177N13O30/c1-68(2)59-140-93(127)50-42-81(102(136)145-63-72(9)10)113-88(122)34-24-18-28-54-107-85(119)47-39-78(99(133)109-56-30-20-26-36-90(124)115-83(104(138)147-65-74(13)14)44-52-95(129)142-61-70(5)6)112-92(126)49-41-80(117-98(132)77(106)38-46-87(121)111-58-97(131)144-67-76-32-22-17-23-33-76)101(135)118-79(100(134)110-57-31-21-27-37-91(125)116-84(105(139)148-66-75(15)16)45-53-96(130)143-62-71(7)8)40-48-86(120)108-55-29-19-25-35-89(123)114-82(103(137)146-64-73(11)12)43-51-94(128)141-60-69(3)4/h17,22-23,32-33,68-75,77-84,101,118,135H,18-21,24-31,34-67,106H2,1-16H3,(H,107,119)(H,108,120)(H,109,133)(H,110,134)(H,111,121)(H,112,126)(H,113,122)(H,114,123)(H,115,124)(H,116,125)(H,117,132). The summed E-state index contributed by atoms with van der Waals surface area (Å²) in [7, 11) is 0. The number of ether oxygens (including phenoxy) is 9. The van der Waals surface area contributed by atoms with Crippen molar-refractivity contribution in [1.82, 2.24) is 63.8 Å². The maximum Gasteiger partial charge on any atom is 0.328 e. The van der Waals surface area contributed by atoms with Crippen LogP contribution in [0.4, 0.5) is 0 Å². The molecule has 0 radical (unpaired) electrons. The Morgan fingerprint density at radius 1 is 0.257 bits per heavy atom. The lowest BCUT2D eigenvalue weighted by Crippen LogP contribution is -2.58. The second kappa shape index (κ2) is 80.5. The molecule has 0 saturated carbocycles. The fourth-order valence-corrected chi connectivity index (χ4v) is 13.5. The first-order valence-electron chi connectivity index (χ1n) is 52.9. The van der Waals surface area contributed by atoms with Crippen molar-refractivity contribution in [1.29, 1.82) is 0 Å². The van der Waals surface area contributed by atoms with Crippen molar-refractivity contribution in [3.05, 3.63) is 35.9 Å². The number of aliphatic hydroxyl groups is 1. The predicted octanol–water partition coefficient (Wildman–Crippen LogP) is 6.90. The van der Waals surface area contributed by atoms with Gasteiger partial charge in [0, 0.05) is 103 Å². The van der Waals surface area contributed by atoms with Crippen LogP contribution in [0.5, 0.6) is 0 Å². The van der Waals surface area contributed by atoms with Gasteiger partial charge in [-0.05, 0) is 156 Å². The molecule has 0 aliphatic carbocycles. The summed E-state index contributed by atoms with van der Waals surface area (Å²) in [5, 5.41) is 44.7. The number of hydrogen-bond donors (Lipinski definition) is 14. The molecule has 0 aromatic heterocycles. The number of carbonyl (C=O) groups excluding carboxylic acids is 20. The van der Waals surface area contributed by atoms with E-state index < -0.39 is 199 Å². The van der Waals surface area contributed by atoms with Crippen molar-refractivity contribution in [2.45, 2.75) is 377 Å². The first-order chi connectivity index (χ1) is 70.1. The molecule has 9 unspecified atom stereocenters. The monoisotopic (exact) mass is 2100 g/mol. The van der Waals surface area contributed by atoms with Gasteiger partial charge < -0.3 is 112 Å². The molecule has 11 amide bonds. The van der Waals surface area contributed by atoms with E-state index in [0.29, 0.717) is 56.9 Å². The topological polar surface area (TPSA) is 615 Å². The van der Waals surface area contributed by atoms with Crippen molar-refractivity contribution < 1.29 is 144 Å². The van der Waals surface area contributed by atoms with E-state index in [9.17, 15) is 101 Å². The van der Waals surface area contributed by atoms with Gasteiger partial charge in [-0.15, -0.1) is 0 Å². The van der Waals surface area contributed by atoms with Crippen molar-refractivity contribution in [3.8, 4) is 0 Å². The van der Waals surface area contributed by atoms with E-state index in [0.717, 1.165) is 0 Å². The van der Waals surface area contributed by atoms with Crippen LogP contribution in [0.1, 0.15) is 322 Å². The zero-order chi connectivity index (χ0) is 111. The molecule has 1 rings (SSSR count). The molecular weight excluding hydrogens is 1920 g/mol. The Hall–Kier alpha value is -11.5. The largest absolute Gasteiger partial charge is 0.465 e. The Kier molecular flexibility index (Phi) is 73.2. The molecule has 43 nitrogen and oxygen atoms in total. The normalized spacial score (nSPS) is 13.1. The highest BCUT2D eigenvalue weighted by Gasteiger charge is 2.34. The fraction of sp³-hybridized carbons (Fsp3) is 0.752. The SMILES string of the molecule is CC(C)COC(=O)CCC(NC(=O)CCCCCNC(=O)CCC(NC(=O)CCC(NC(=O)C(N)CCC(=O)NCC(=O)OCc1ccccc1)C(O)NC(CCC(=O)NCCCCCC(=O)NC(CCC(=O)OCC(C)C)C(=O)OCC(C)C)C(=O)NCCCCCC(=O)NC(CCC(=O)OCC(C)C)C(=O)OCC(C)C)C(=O)NCCCCCC(=O)NC(CCC(=O)OCC(C)C)C(=O)OCC(C)C)C(=O)OCC(C)C. The van der Waals surface area contributed by atoms with Crippen molar-refractivity contribution in [2.75, 3.05) is 85.6 Å². The van der Waals surface area contributed by atoms with Crippen molar-refractivity contribution in [2.24, 2.45) is 53.1 Å². The van der Waals surface area contributed by atoms with Crippen LogP contribution in [0.15, 0.2) is 30.3 Å². The minimum atomic E-state index is -1.99. The second-order valence-corrected chi connectivity index (χ2v) is 40.6. The molecule has 0 aliphatic heterocycles. The van der Waals surface area contributed by atoms with Gasteiger partial charge in [0.2, 0.25) is 65.0 Å². The first kappa shape index (κ1) is 135. The van der Waals surface area contributed by atoms with Gasteiger partial charge in [0.05, 0.1) is 71.0 Å². The third-order valence-electron chi connectivity index (χ3n) is 21.9. The number of unbranched alkanes of at least 4 members (excludes halogenated alkanes) is 8. The average molecular weight is 2100 g/mol. The number of nitrogens with two attached hydrogens (primary N) is 1. The van der Waals surface area contributed by atoms with Gasteiger partial charge in [0.15, 0.2) is 0 Å². The summed E-state index contributed by atoms with van der Waals surface area (Å²) in [6.07, 6.45) is -2.20. The van der Waals surface area contributed by atoms with Crippen LogP contribution in [-0.2, 0) is 145 Å². The predicted molar refractivity (Wildman–Crippen MR) is 548 cm³/mol. The molecular formula is C105H177N13O30. The van der Waals surface area contributed by atoms with Crippen LogP contribution in [-0.4, -0.2) is 264 Å². The zero-order valence-electron chi connectivity index (χ0n) is 90.6. The van der Waals surface area contributed by atoms with E-state index in [2.05, 4.69) is 63.8 Å². The van der Waals surface area contributed by atoms with Gasteiger partial charge in [-0.2, -0.15) is 0 Å². The Balaban J connectivity index is 3.83. The van der Waals surface area contributed by atoms with E-state index in [1.165, 1.54) is 0 Å². The summed E-state index contributed by atoms with van der Waals surface area (Å²) in [5.74, 6) is -12.6. The molecule has 0 fully saturated rings. The maximum atomic E-state index is 14.6. The van der Waals surface area contributed by atoms with Crippen LogP contribution in [0.25, 0.3) is 0 Å². The molecule has 0 spiro atoms. The van der Waals surface area contributed by atoms with E-state index in [1.54, 1.807) is 30.3 Å². The van der Waals surface area contributed by atoms with Gasteiger partial charge in [-0.3, -0.25) is 82.0 Å². The minimum Gasteiger partial charge on any atom is -0.465 e. The van der Waals surface area contributed by atoms with E-state index in [4.69, 9.17) is 48.4 Å². The molecule has 1 aromatic carbocycles. The Labute approximate surface area is 874 Å². The van der Waals surface area contributed by atoms with Gasteiger partial charge in [-0.1, -0.05) is 167 Å². The molecule has 43 heteroatoms. The zero-order valence-corrected chi connectivity index (χ0v) is 90.6. The molecule has 1 aromatic rings. The number of nitrogens with one attached hydrogen (secondary N) is 12. The minimum absolute atomic E-state index is 0.00000233. The van der Waals surface area contributed by atoms with Gasteiger partial charge in [0.25, 0.3) is 0 Å². The molecule has 0 saturated heterocycles. The lowest BCUT2D eigenvalue weighted by atomic mass is 10.0. The fourth-order valence-electron chi connectivity index (χ4n) is 13.5. The third kappa shape index (κ3) is 72.0. The lowest BCUT2D eigenvalue weighted by molar-refractivity contribution is -0.151.